The second kappa shape index (κ2) is 8.76. The fraction of sp³-hybridized carbons (Fsp3) is 0.143. The van der Waals surface area contributed by atoms with Crippen molar-refractivity contribution in [2.75, 3.05) is 11.1 Å². The summed E-state index contributed by atoms with van der Waals surface area (Å²) < 4.78 is 15.7. The molecule has 30 heavy (non-hydrogen) atoms. The Balaban J connectivity index is 1.38. The summed E-state index contributed by atoms with van der Waals surface area (Å²) in [5.41, 5.74) is 3.38. The summed E-state index contributed by atoms with van der Waals surface area (Å²) >= 11 is 2.61. The van der Waals surface area contributed by atoms with Gasteiger partial charge in [0.2, 0.25) is 5.91 Å². The number of hydrogen-bond acceptors (Lipinski definition) is 6. The molecule has 0 radical (unpaired) electrons. The molecule has 2 aromatic carbocycles. The average Bonchev–Trinajstić information content (AvgIpc) is 3.34. The zero-order valence-corrected chi connectivity index (χ0v) is 17.9. The number of anilines is 1. The highest BCUT2D eigenvalue weighted by atomic mass is 32.2. The number of nitrogens with one attached hydrogen (secondary N) is 1. The van der Waals surface area contributed by atoms with Crippen LogP contribution in [0.15, 0.2) is 59.1 Å². The van der Waals surface area contributed by atoms with Gasteiger partial charge in [-0.2, -0.15) is 0 Å². The van der Waals surface area contributed by atoms with E-state index in [1.807, 2.05) is 36.6 Å². The van der Waals surface area contributed by atoms with Gasteiger partial charge < -0.3 is 9.88 Å². The molecule has 0 atom stereocenters. The number of hydrogen-bond donors (Lipinski definition) is 1. The number of halogens is 1. The van der Waals surface area contributed by atoms with Gasteiger partial charge in [-0.25, -0.2) is 9.37 Å². The summed E-state index contributed by atoms with van der Waals surface area (Å²) in [5.74, 6) is -0.00255. The molecule has 152 valence electrons. The van der Waals surface area contributed by atoms with Crippen molar-refractivity contribution in [1.29, 1.82) is 0 Å². The van der Waals surface area contributed by atoms with E-state index in [1.54, 1.807) is 29.8 Å². The molecule has 0 bridgehead atoms. The highest BCUT2D eigenvalue weighted by molar-refractivity contribution is 7.99. The highest BCUT2D eigenvalue weighted by Gasteiger charge is 2.16. The summed E-state index contributed by atoms with van der Waals surface area (Å²) in [4.78, 5) is 16.8. The molecule has 0 aliphatic heterocycles. The number of aromatic nitrogens is 4. The molecule has 0 unspecified atom stereocenters. The van der Waals surface area contributed by atoms with Gasteiger partial charge in [-0.05, 0) is 19.1 Å². The first-order chi connectivity index (χ1) is 14.5. The molecule has 4 rings (SSSR count). The van der Waals surface area contributed by atoms with Crippen LogP contribution in [0.25, 0.3) is 22.6 Å². The smallest absolute Gasteiger partial charge is 0.236 e. The van der Waals surface area contributed by atoms with Gasteiger partial charge >= 0.3 is 0 Å². The third-order valence-corrected chi connectivity index (χ3v) is 6.16. The molecule has 0 saturated heterocycles. The summed E-state index contributed by atoms with van der Waals surface area (Å²) in [7, 11) is 1.75. The average molecular weight is 440 g/mol. The van der Waals surface area contributed by atoms with Crippen molar-refractivity contribution in [2.24, 2.45) is 7.05 Å². The highest BCUT2D eigenvalue weighted by Crippen LogP contribution is 2.27. The monoisotopic (exact) mass is 439 g/mol. The zero-order valence-electron chi connectivity index (χ0n) is 16.3. The molecule has 9 heteroatoms. The Hall–Kier alpha value is -3.04. The normalized spacial score (nSPS) is 10.9. The Morgan fingerprint density at radius 2 is 1.93 bits per heavy atom. The van der Waals surface area contributed by atoms with Crippen LogP contribution in [0.2, 0.25) is 0 Å². The van der Waals surface area contributed by atoms with Crippen molar-refractivity contribution in [3.8, 4) is 22.6 Å². The van der Waals surface area contributed by atoms with Crippen molar-refractivity contribution >= 4 is 34.1 Å². The van der Waals surface area contributed by atoms with Crippen LogP contribution in [0, 0.1) is 12.7 Å². The predicted molar refractivity (Wildman–Crippen MR) is 118 cm³/mol. The van der Waals surface area contributed by atoms with Crippen LogP contribution in [0.1, 0.15) is 5.56 Å². The largest absolute Gasteiger partial charge is 0.305 e. The number of carbonyl (C=O) groups excluding carboxylic acids is 1. The van der Waals surface area contributed by atoms with Crippen LogP contribution in [0.4, 0.5) is 9.52 Å². The lowest BCUT2D eigenvalue weighted by Gasteiger charge is -2.05. The Kier molecular flexibility index (Phi) is 5.91. The zero-order chi connectivity index (χ0) is 21.1. The number of benzene rings is 2. The van der Waals surface area contributed by atoms with Gasteiger partial charge in [-0.1, -0.05) is 53.7 Å². The lowest BCUT2D eigenvalue weighted by molar-refractivity contribution is -0.113. The Labute approximate surface area is 181 Å². The van der Waals surface area contributed by atoms with E-state index in [9.17, 15) is 9.18 Å². The summed E-state index contributed by atoms with van der Waals surface area (Å²) in [6.45, 7) is 2.03. The number of aryl methyl sites for hydroxylation is 1. The maximum Gasteiger partial charge on any atom is 0.236 e. The van der Waals surface area contributed by atoms with E-state index >= 15 is 0 Å². The van der Waals surface area contributed by atoms with Gasteiger partial charge in [0.25, 0.3) is 0 Å². The van der Waals surface area contributed by atoms with Crippen LogP contribution < -0.4 is 5.32 Å². The third kappa shape index (κ3) is 4.42. The molecule has 0 spiro atoms. The van der Waals surface area contributed by atoms with Crippen molar-refractivity contribution < 1.29 is 9.18 Å². The summed E-state index contributed by atoms with van der Waals surface area (Å²) in [6.07, 6.45) is 0. The Morgan fingerprint density at radius 3 is 2.70 bits per heavy atom. The van der Waals surface area contributed by atoms with Gasteiger partial charge in [0.1, 0.15) is 5.82 Å². The number of thioether (sulfide) groups is 1. The predicted octanol–water partition coefficient (Wildman–Crippen LogP) is 4.78. The SMILES string of the molecule is Cc1ccc(-c2csc(NC(=O)CSc3nnc(-c4ccccc4F)n3C)n2)cc1. The first kappa shape index (κ1) is 20.2. The van der Waals surface area contributed by atoms with E-state index in [-0.39, 0.29) is 17.5 Å². The lowest BCUT2D eigenvalue weighted by Crippen LogP contribution is -2.14. The molecule has 1 amide bonds. The van der Waals surface area contributed by atoms with Gasteiger partial charge in [0, 0.05) is 18.0 Å². The van der Waals surface area contributed by atoms with Crippen LogP contribution in [-0.4, -0.2) is 31.4 Å². The maximum atomic E-state index is 14.0. The van der Waals surface area contributed by atoms with Gasteiger partial charge in [0.05, 0.1) is 17.0 Å². The van der Waals surface area contributed by atoms with E-state index in [1.165, 1.54) is 34.7 Å². The Bertz CT molecular complexity index is 1190. The standard InChI is InChI=1S/C21H18FN5OS2/c1-13-7-9-14(10-8-13)17-11-29-20(23-17)24-18(28)12-30-21-26-25-19(27(21)2)15-5-3-4-6-16(15)22/h3-11H,12H2,1-2H3,(H,23,24,28). The molecule has 6 nitrogen and oxygen atoms in total. The van der Waals surface area contributed by atoms with Crippen molar-refractivity contribution in [3.63, 3.8) is 0 Å². The number of amides is 1. The third-order valence-electron chi connectivity index (χ3n) is 4.38. The minimum absolute atomic E-state index is 0.142. The molecule has 4 aromatic rings. The fourth-order valence-corrected chi connectivity index (χ4v) is 4.24. The van der Waals surface area contributed by atoms with Crippen LogP contribution in [-0.2, 0) is 11.8 Å². The molecule has 0 aliphatic rings. The van der Waals surface area contributed by atoms with E-state index in [4.69, 9.17) is 0 Å². The van der Waals surface area contributed by atoms with Crippen LogP contribution in [0.3, 0.4) is 0 Å². The van der Waals surface area contributed by atoms with Gasteiger partial charge in [-0.15, -0.1) is 21.5 Å². The minimum Gasteiger partial charge on any atom is -0.305 e. The number of nitrogens with zero attached hydrogens (tertiary/aromatic N) is 4. The van der Waals surface area contributed by atoms with Crippen LogP contribution >= 0.6 is 23.1 Å². The summed E-state index contributed by atoms with van der Waals surface area (Å²) in [6, 6.07) is 14.5. The van der Waals surface area contributed by atoms with Gasteiger partial charge in [0.15, 0.2) is 16.1 Å². The second-order valence-corrected chi connectivity index (χ2v) is 8.39. The van der Waals surface area contributed by atoms with E-state index < -0.39 is 0 Å². The van der Waals surface area contributed by atoms with E-state index in [0.717, 1.165) is 11.3 Å². The Morgan fingerprint density at radius 1 is 1.17 bits per heavy atom. The fourth-order valence-electron chi connectivity index (χ4n) is 2.79. The van der Waals surface area contributed by atoms with Gasteiger partial charge in [-0.3, -0.25) is 4.79 Å². The van der Waals surface area contributed by atoms with E-state index in [2.05, 4.69) is 20.5 Å². The number of thiazole rings is 1. The topological polar surface area (TPSA) is 72.7 Å². The first-order valence-corrected chi connectivity index (χ1v) is 11.0. The minimum atomic E-state index is -0.365. The summed E-state index contributed by atoms with van der Waals surface area (Å²) in [5, 5.41) is 13.9. The number of rotatable bonds is 6. The molecule has 0 saturated carbocycles. The van der Waals surface area contributed by atoms with Crippen molar-refractivity contribution in [3.05, 3.63) is 65.3 Å². The molecule has 0 aliphatic carbocycles. The molecule has 0 fully saturated rings. The molecular formula is C21H18FN5OS2. The van der Waals surface area contributed by atoms with Crippen LogP contribution in [0.5, 0.6) is 0 Å². The quantitative estimate of drug-likeness (QED) is 0.438. The molecular weight excluding hydrogens is 421 g/mol. The van der Waals surface area contributed by atoms with Crippen molar-refractivity contribution in [1.82, 2.24) is 19.7 Å². The molecule has 2 heterocycles. The van der Waals surface area contributed by atoms with E-state index in [0.29, 0.717) is 21.7 Å². The lowest BCUT2D eigenvalue weighted by atomic mass is 10.1. The molecule has 1 N–H and O–H groups in total. The molecule has 2 aromatic heterocycles. The second-order valence-electron chi connectivity index (χ2n) is 6.59. The number of carbonyl (C=O) groups is 1. The maximum absolute atomic E-state index is 14.0. The first-order valence-electron chi connectivity index (χ1n) is 9.11. The van der Waals surface area contributed by atoms with Crippen molar-refractivity contribution in [2.45, 2.75) is 12.1 Å².